The van der Waals surface area contributed by atoms with E-state index in [2.05, 4.69) is 14.9 Å². The number of aromatic amines is 1. The largest absolute Gasteiger partial charge is 0.336 e. The number of aryl methyl sites for hydroxylation is 2. The van der Waals surface area contributed by atoms with Crippen LogP contribution in [0, 0.1) is 13.8 Å². The average molecular weight is 376 g/mol. The first kappa shape index (κ1) is 18.4. The number of nitrogens with zero attached hydrogens (tertiary/aromatic N) is 3. The molecule has 4 rings (SSSR count). The van der Waals surface area contributed by atoms with Gasteiger partial charge in [-0.1, -0.05) is 29.8 Å². The number of carbonyl (C=O) groups is 1. The fourth-order valence-corrected chi connectivity index (χ4v) is 3.75. The van der Waals surface area contributed by atoms with E-state index >= 15 is 0 Å². The van der Waals surface area contributed by atoms with E-state index in [1.54, 1.807) is 6.07 Å². The molecular formula is C22H24N4O2. The third-order valence-electron chi connectivity index (χ3n) is 5.31. The molecule has 1 N–H and O–H groups in total. The SMILES string of the molecule is Cc1ccc(C(=O)N2CCN(Cc3nc4ccccc4c(=O)[nH]3)CC2)c(C)c1. The molecule has 1 fully saturated rings. The van der Waals surface area contributed by atoms with Crippen molar-refractivity contribution in [1.29, 1.82) is 0 Å². The number of hydrogen-bond acceptors (Lipinski definition) is 4. The van der Waals surface area contributed by atoms with Gasteiger partial charge in [0, 0.05) is 31.7 Å². The molecule has 144 valence electrons. The minimum atomic E-state index is -0.107. The highest BCUT2D eigenvalue weighted by molar-refractivity contribution is 5.95. The van der Waals surface area contributed by atoms with Gasteiger partial charge in [-0.2, -0.15) is 0 Å². The zero-order chi connectivity index (χ0) is 19.7. The van der Waals surface area contributed by atoms with Crippen LogP contribution in [-0.4, -0.2) is 51.9 Å². The van der Waals surface area contributed by atoms with Gasteiger partial charge in [0.05, 0.1) is 17.4 Å². The molecule has 0 aliphatic carbocycles. The summed E-state index contributed by atoms with van der Waals surface area (Å²) in [5, 5.41) is 0.607. The van der Waals surface area contributed by atoms with Crippen LogP contribution in [0.2, 0.25) is 0 Å². The maximum absolute atomic E-state index is 12.8. The fourth-order valence-electron chi connectivity index (χ4n) is 3.75. The first-order chi connectivity index (χ1) is 13.5. The van der Waals surface area contributed by atoms with Gasteiger partial charge in [-0.05, 0) is 37.6 Å². The van der Waals surface area contributed by atoms with Gasteiger partial charge in [0.15, 0.2) is 0 Å². The number of amides is 1. The highest BCUT2D eigenvalue weighted by Crippen LogP contribution is 2.15. The molecule has 0 spiro atoms. The van der Waals surface area contributed by atoms with Gasteiger partial charge in [-0.3, -0.25) is 14.5 Å². The Morgan fingerprint density at radius 1 is 1.07 bits per heavy atom. The van der Waals surface area contributed by atoms with E-state index in [-0.39, 0.29) is 11.5 Å². The summed E-state index contributed by atoms with van der Waals surface area (Å²) in [6.07, 6.45) is 0. The lowest BCUT2D eigenvalue weighted by Crippen LogP contribution is -2.48. The minimum Gasteiger partial charge on any atom is -0.336 e. The van der Waals surface area contributed by atoms with E-state index in [1.807, 2.05) is 55.1 Å². The summed E-state index contributed by atoms with van der Waals surface area (Å²) in [7, 11) is 0. The van der Waals surface area contributed by atoms with Crippen LogP contribution in [0.4, 0.5) is 0 Å². The van der Waals surface area contributed by atoms with Crippen LogP contribution in [0.15, 0.2) is 47.3 Å². The van der Waals surface area contributed by atoms with Crippen LogP contribution < -0.4 is 5.56 Å². The van der Waals surface area contributed by atoms with Crippen molar-refractivity contribution in [2.45, 2.75) is 20.4 Å². The third-order valence-corrected chi connectivity index (χ3v) is 5.31. The maximum Gasteiger partial charge on any atom is 0.258 e. The van der Waals surface area contributed by atoms with Crippen LogP contribution >= 0.6 is 0 Å². The summed E-state index contributed by atoms with van der Waals surface area (Å²) >= 11 is 0. The zero-order valence-corrected chi connectivity index (χ0v) is 16.2. The summed E-state index contributed by atoms with van der Waals surface area (Å²) in [5.41, 5.74) is 3.56. The van der Waals surface area contributed by atoms with Crippen molar-refractivity contribution in [3.63, 3.8) is 0 Å². The highest BCUT2D eigenvalue weighted by atomic mass is 16.2. The van der Waals surface area contributed by atoms with Crippen molar-refractivity contribution in [2.24, 2.45) is 0 Å². The standard InChI is InChI=1S/C22H24N4O2/c1-15-7-8-17(16(2)13-15)22(28)26-11-9-25(10-12-26)14-20-23-19-6-4-3-5-18(19)21(27)24-20/h3-8,13H,9-12,14H2,1-2H3,(H,23,24,27). The van der Waals surface area contributed by atoms with Crippen molar-refractivity contribution in [2.75, 3.05) is 26.2 Å². The molecule has 1 aliphatic heterocycles. The topological polar surface area (TPSA) is 69.3 Å². The van der Waals surface area contributed by atoms with Crippen LogP contribution in [0.1, 0.15) is 27.3 Å². The Morgan fingerprint density at radius 3 is 2.57 bits per heavy atom. The molecule has 1 aromatic heterocycles. The van der Waals surface area contributed by atoms with Gasteiger partial charge in [0.1, 0.15) is 5.82 Å². The molecule has 2 heterocycles. The monoisotopic (exact) mass is 376 g/mol. The number of para-hydroxylation sites is 1. The molecule has 0 unspecified atom stereocenters. The average Bonchev–Trinajstić information content (AvgIpc) is 2.68. The third kappa shape index (κ3) is 3.68. The van der Waals surface area contributed by atoms with Gasteiger partial charge in [-0.15, -0.1) is 0 Å². The second kappa shape index (κ2) is 7.56. The number of hydrogen-bond donors (Lipinski definition) is 1. The molecule has 6 nitrogen and oxygen atoms in total. The lowest BCUT2D eigenvalue weighted by molar-refractivity contribution is 0.0625. The quantitative estimate of drug-likeness (QED) is 0.763. The highest BCUT2D eigenvalue weighted by Gasteiger charge is 2.23. The number of fused-ring (bicyclic) bond motifs is 1. The van der Waals surface area contributed by atoms with Crippen LogP contribution in [0.3, 0.4) is 0 Å². The van der Waals surface area contributed by atoms with E-state index in [0.717, 1.165) is 29.8 Å². The Morgan fingerprint density at radius 2 is 1.82 bits per heavy atom. The van der Waals surface area contributed by atoms with Gasteiger partial charge < -0.3 is 9.88 Å². The van der Waals surface area contributed by atoms with E-state index in [0.29, 0.717) is 36.4 Å². The summed E-state index contributed by atoms with van der Waals surface area (Å²) in [5.74, 6) is 0.757. The van der Waals surface area contributed by atoms with E-state index < -0.39 is 0 Å². The predicted octanol–water partition coefficient (Wildman–Crippen LogP) is 2.50. The normalized spacial score (nSPS) is 15.1. The number of aromatic nitrogens is 2. The summed E-state index contributed by atoms with van der Waals surface area (Å²) < 4.78 is 0. The Hall–Kier alpha value is -2.99. The van der Waals surface area contributed by atoms with Crippen LogP contribution in [-0.2, 0) is 6.54 Å². The van der Waals surface area contributed by atoms with Crippen LogP contribution in [0.5, 0.6) is 0 Å². The number of H-pyrrole nitrogens is 1. The summed E-state index contributed by atoms with van der Waals surface area (Å²) in [4.78, 5) is 36.6. The Labute approximate surface area is 163 Å². The Kier molecular flexibility index (Phi) is 4.96. The van der Waals surface area contributed by atoms with Gasteiger partial charge in [0.2, 0.25) is 0 Å². The van der Waals surface area contributed by atoms with Gasteiger partial charge >= 0.3 is 0 Å². The van der Waals surface area contributed by atoms with E-state index in [1.165, 1.54) is 0 Å². The number of benzene rings is 2. The fraction of sp³-hybridized carbons (Fsp3) is 0.318. The number of piperazine rings is 1. The molecule has 0 radical (unpaired) electrons. The van der Waals surface area contributed by atoms with Crippen molar-refractivity contribution in [3.05, 3.63) is 75.3 Å². The van der Waals surface area contributed by atoms with Crippen molar-refractivity contribution < 1.29 is 4.79 Å². The molecule has 2 aromatic carbocycles. The molecule has 28 heavy (non-hydrogen) atoms. The number of rotatable bonds is 3. The second-order valence-electron chi connectivity index (χ2n) is 7.42. The molecule has 1 aliphatic rings. The van der Waals surface area contributed by atoms with Crippen molar-refractivity contribution in [1.82, 2.24) is 19.8 Å². The molecule has 6 heteroatoms. The first-order valence-electron chi connectivity index (χ1n) is 9.58. The van der Waals surface area contributed by atoms with Crippen molar-refractivity contribution in [3.8, 4) is 0 Å². The molecule has 1 amide bonds. The molecule has 0 saturated carbocycles. The van der Waals surface area contributed by atoms with Crippen molar-refractivity contribution >= 4 is 16.8 Å². The molecular weight excluding hydrogens is 352 g/mol. The maximum atomic E-state index is 12.8. The summed E-state index contributed by atoms with van der Waals surface area (Å²) in [6.45, 7) is 7.45. The van der Waals surface area contributed by atoms with Gasteiger partial charge in [-0.25, -0.2) is 4.98 Å². The summed E-state index contributed by atoms with van der Waals surface area (Å²) in [6, 6.07) is 13.3. The molecule has 1 saturated heterocycles. The minimum absolute atomic E-state index is 0.0920. The molecule has 3 aromatic rings. The Bertz CT molecular complexity index is 1080. The van der Waals surface area contributed by atoms with E-state index in [9.17, 15) is 9.59 Å². The predicted molar refractivity (Wildman–Crippen MR) is 109 cm³/mol. The van der Waals surface area contributed by atoms with E-state index in [4.69, 9.17) is 0 Å². The number of carbonyl (C=O) groups excluding carboxylic acids is 1. The smallest absolute Gasteiger partial charge is 0.258 e. The first-order valence-corrected chi connectivity index (χ1v) is 9.58. The zero-order valence-electron chi connectivity index (χ0n) is 16.2. The number of nitrogens with one attached hydrogen (secondary N) is 1. The lowest BCUT2D eigenvalue weighted by Gasteiger charge is -2.34. The lowest BCUT2D eigenvalue weighted by atomic mass is 10.0. The second-order valence-corrected chi connectivity index (χ2v) is 7.42. The Balaban J connectivity index is 1.42. The van der Waals surface area contributed by atoms with Crippen LogP contribution in [0.25, 0.3) is 10.9 Å². The molecule has 0 atom stereocenters. The molecule has 0 bridgehead atoms. The van der Waals surface area contributed by atoms with Gasteiger partial charge in [0.25, 0.3) is 11.5 Å².